The number of rotatable bonds is 6. The zero-order valence-corrected chi connectivity index (χ0v) is 12.4. The highest BCUT2D eigenvalue weighted by Crippen LogP contribution is 2.24. The molecule has 0 bridgehead atoms. The minimum absolute atomic E-state index is 0.700. The third-order valence-corrected chi connectivity index (χ3v) is 3.06. The highest BCUT2D eigenvalue weighted by atomic mass is 35.5. The van der Waals surface area contributed by atoms with Gasteiger partial charge in [-0.15, -0.1) is 10.2 Å². The monoisotopic (exact) mass is 291 g/mol. The maximum absolute atomic E-state index is 5.90. The molecule has 0 saturated carbocycles. The van der Waals surface area contributed by atoms with E-state index in [4.69, 9.17) is 11.6 Å². The molecule has 0 fully saturated rings. The Kier molecular flexibility index (Phi) is 5.26. The third kappa shape index (κ3) is 4.15. The van der Waals surface area contributed by atoms with E-state index in [-0.39, 0.29) is 0 Å². The van der Waals surface area contributed by atoms with Gasteiger partial charge in [-0.25, -0.2) is 4.98 Å². The molecule has 20 heavy (non-hydrogen) atoms. The van der Waals surface area contributed by atoms with E-state index in [1.165, 1.54) is 6.33 Å². The lowest BCUT2D eigenvalue weighted by molar-refractivity contribution is 0.405. The average molecular weight is 292 g/mol. The summed E-state index contributed by atoms with van der Waals surface area (Å²) in [5.41, 5.74) is 1.69. The van der Waals surface area contributed by atoms with Crippen molar-refractivity contribution >= 4 is 17.4 Å². The Bertz CT molecular complexity index is 542. The van der Waals surface area contributed by atoms with Crippen LogP contribution in [0.1, 0.15) is 6.42 Å². The molecule has 2 rings (SSSR count). The van der Waals surface area contributed by atoms with Gasteiger partial charge in [0.2, 0.25) is 0 Å². The van der Waals surface area contributed by atoms with Gasteiger partial charge in [-0.3, -0.25) is 0 Å². The molecule has 1 heterocycles. The summed E-state index contributed by atoms with van der Waals surface area (Å²) >= 11 is 5.90. The summed E-state index contributed by atoms with van der Waals surface area (Å²) in [5.74, 6) is 0.751. The molecule has 1 aromatic heterocycles. The van der Waals surface area contributed by atoms with Crippen LogP contribution in [0, 0.1) is 0 Å². The van der Waals surface area contributed by atoms with E-state index >= 15 is 0 Å². The molecule has 0 radical (unpaired) electrons. The molecule has 0 atom stereocenters. The molecule has 0 spiro atoms. The quantitative estimate of drug-likeness (QED) is 0.829. The summed E-state index contributed by atoms with van der Waals surface area (Å²) in [6, 6.07) is 7.50. The molecular formula is C14H18ClN5. The van der Waals surface area contributed by atoms with Crippen LogP contribution >= 0.6 is 11.6 Å². The van der Waals surface area contributed by atoms with E-state index in [0.29, 0.717) is 5.02 Å². The Hall–Kier alpha value is -1.72. The average Bonchev–Trinajstić information content (AvgIpc) is 2.45. The van der Waals surface area contributed by atoms with Gasteiger partial charge < -0.3 is 10.2 Å². The van der Waals surface area contributed by atoms with Gasteiger partial charge >= 0.3 is 0 Å². The van der Waals surface area contributed by atoms with E-state index < -0.39 is 0 Å². The second-order valence-electron chi connectivity index (χ2n) is 4.75. The molecule has 0 aliphatic carbocycles. The normalized spacial score (nSPS) is 10.8. The molecular weight excluding hydrogens is 274 g/mol. The summed E-state index contributed by atoms with van der Waals surface area (Å²) < 4.78 is 0. The first-order valence-corrected chi connectivity index (χ1v) is 6.87. The minimum Gasteiger partial charge on any atom is -0.368 e. The largest absolute Gasteiger partial charge is 0.368 e. The number of benzene rings is 1. The van der Waals surface area contributed by atoms with E-state index in [2.05, 4.69) is 39.5 Å². The first kappa shape index (κ1) is 14.7. The predicted octanol–water partition coefficient (Wildman–Crippen LogP) is 2.56. The van der Waals surface area contributed by atoms with Crippen LogP contribution in [-0.2, 0) is 0 Å². The van der Waals surface area contributed by atoms with Crippen molar-refractivity contribution in [3.8, 4) is 11.3 Å². The minimum atomic E-state index is 0.700. The molecule has 106 valence electrons. The zero-order chi connectivity index (χ0) is 14.4. The topological polar surface area (TPSA) is 53.9 Å². The van der Waals surface area contributed by atoms with Crippen LogP contribution < -0.4 is 5.32 Å². The molecule has 5 nitrogen and oxygen atoms in total. The van der Waals surface area contributed by atoms with Crippen molar-refractivity contribution < 1.29 is 0 Å². The number of halogens is 1. The summed E-state index contributed by atoms with van der Waals surface area (Å²) in [5, 5.41) is 12.0. The van der Waals surface area contributed by atoms with Crippen molar-refractivity contribution in [1.82, 2.24) is 20.1 Å². The molecule has 1 N–H and O–H groups in total. The Morgan fingerprint density at radius 3 is 2.65 bits per heavy atom. The second-order valence-corrected chi connectivity index (χ2v) is 5.18. The standard InChI is InChI=1S/C14H18ClN5/c1-20(2)9-3-8-16-14-13(19-18-10-17-14)11-4-6-12(15)7-5-11/h4-7,10H,3,8-9H2,1-2H3,(H,16,17,18). The van der Waals surface area contributed by atoms with Crippen LogP contribution in [0.5, 0.6) is 0 Å². The molecule has 0 aliphatic heterocycles. The van der Waals surface area contributed by atoms with Gasteiger partial charge in [0.05, 0.1) is 0 Å². The molecule has 2 aromatic rings. The molecule has 0 aliphatic rings. The van der Waals surface area contributed by atoms with Gasteiger partial charge in [-0.1, -0.05) is 23.7 Å². The van der Waals surface area contributed by atoms with Crippen LogP contribution in [0.25, 0.3) is 11.3 Å². The van der Waals surface area contributed by atoms with Gasteiger partial charge in [0.1, 0.15) is 12.0 Å². The van der Waals surface area contributed by atoms with Crippen LogP contribution in [0.2, 0.25) is 5.02 Å². The van der Waals surface area contributed by atoms with Crippen molar-refractivity contribution in [2.45, 2.75) is 6.42 Å². The Balaban J connectivity index is 2.08. The fourth-order valence-electron chi connectivity index (χ4n) is 1.81. The van der Waals surface area contributed by atoms with Crippen LogP contribution in [0.3, 0.4) is 0 Å². The van der Waals surface area contributed by atoms with Crippen molar-refractivity contribution in [1.29, 1.82) is 0 Å². The molecule has 0 saturated heterocycles. The highest BCUT2D eigenvalue weighted by Gasteiger charge is 2.08. The Morgan fingerprint density at radius 1 is 1.20 bits per heavy atom. The second kappa shape index (κ2) is 7.17. The van der Waals surface area contributed by atoms with Crippen molar-refractivity contribution in [2.24, 2.45) is 0 Å². The van der Waals surface area contributed by atoms with Crippen LogP contribution in [-0.4, -0.2) is 47.3 Å². The van der Waals surface area contributed by atoms with Crippen LogP contribution in [0.4, 0.5) is 5.82 Å². The zero-order valence-electron chi connectivity index (χ0n) is 11.7. The lowest BCUT2D eigenvalue weighted by atomic mass is 10.1. The van der Waals surface area contributed by atoms with Crippen molar-refractivity contribution in [3.05, 3.63) is 35.6 Å². The van der Waals surface area contributed by atoms with Gasteiger partial charge in [-0.05, 0) is 39.2 Å². The lowest BCUT2D eigenvalue weighted by Crippen LogP contribution is -2.17. The van der Waals surface area contributed by atoms with E-state index in [0.717, 1.165) is 36.6 Å². The highest BCUT2D eigenvalue weighted by molar-refractivity contribution is 6.30. The number of nitrogens with zero attached hydrogens (tertiary/aromatic N) is 4. The van der Waals surface area contributed by atoms with Crippen molar-refractivity contribution in [3.63, 3.8) is 0 Å². The third-order valence-electron chi connectivity index (χ3n) is 2.81. The number of hydrogen-bond donors (Lipinski definition) is 1. The number of nitrogens with one attached hydrogen (secondary N) is 1. The molecule has 1 aromatic carbocycles. The van der Waals surface area contributed by atoms with Gasteiger partial charge in [0.15, 0.2) is 5.82 Å². The summed E-state index contributed by atoms with van der Waals surface area (Å²) in [7, 11) is 4.12. The summed E-state index contributed by atoms with van der Waals surface area (Å²) in [6.45, 7) is 1.87. The SMILES string of the molecule is CN(C)CCCNc1ncnnc1-c1ccc(Cl)cc1. The Morgan fingerprint density at radius 2 is 1.95 bits per heavy atom. The fourth-order valence-corrected chi connectivity index (χ4v) is 1.94. The maximum Gasteiger partial charge on any atom is 0.156 e. The lowest BCUT2D eigenvalue weighted by Gasteiger charge is -2.11. The summed E-state index contributed by atoms with van der Waals surface area (Å²) in [4.78, 5) is 6.42. The maximum atomic E-state index is 5.90. The number of anilines is 1. The van der Waals surface area contributed by atoms with E-state index in [1.54, 1.807) is 0 Å². The van der Waals surface area contributed by atoms with Gasteiger partial charge in [0.25, 0.3) is 0 Å². The fraction of sp³-hybridized carbons (Fsp3) is 0.357. The van der Waals surface area contributed by atoms with E-state index in [1.807, 2.05) is 24.3 Å². The Labute approximate surface area is 124 Å². The first-order valence-electron chi connectivity index (χ1n) is 6.49. The van der Waals surface area contributed by atoms with Crippen LogP contribution in [0.15, 0.2) is 30.6 Å². The number of hydrogen-bond acceptors (Lipinski definition) is 5. The summed E-state index contributed by atoms with van der Waals surface area (Å²) in [6.07, 6.45) is 2.49. The molecule has 0 unspecified atom stereocenters. The molecule has 0 amide bonds. The predicted molar refractivity (Wildman–Crippen MR) is 81.9 cm³/mol. The van der Waals surface area contributed by atoms with E-state index in [9.17, 15) is 0 Å². The smallest absolute Gasteiger partial charge is 0.156 e. The number of aromatic nitrogens is 3. The van der Waals surface area contributed by atoms with Crippen molar-refractivity contribution in [2.75, 3.05) is 32.5 Å². The van der Waals surface area contributed by atoms with Gasteiger partial charge in [-0.2, -0.15) is 0 Å². The van der Waals surface area contributed by atoms with Gasteiger partial charge in [0, 0.05) is 17.1 Å². The first-order chi connectivity index (χ1) is 9.66. The molecule has 6 heteroatoms.